The van der Waals surface area contributed by atoms with Gasteiger partial charge in [-0.2, -0.15) is 0 Å². The molecule has 3 N–H and O–H groups in total. The Hall–Kier alpha value is -3.10. The van der Waals surface area contributed by atoms with E-state index in [1.165, 1.54) is 11.3 Å². The van der Waals surface area contributed by atoms with E-state index in [-0.39, 0.29) is 17.2 Å². The summed E-state index contributed by atoms with van der Waals surface area (Å²) in [6, 6.07) is 18.8. The van der Waals surface area contributed by atoms with E-state index in [1.54, 1.807) is 0 Å². The molecular formula is C20H16N4O2S2. The molecule has 2 heterocycles. The Morgan fingerprint density at radius 1 is 1.11 bits per heavy atom. The highest BCUT2D eigenvalue weighted by molar-refractivity contribution is 7.99. The molecule has 1 amide bonds. The number of carbonyl (C=O) groups is 1. The Bertz CT molecular complexity index is 1190. The third-order valence-corrected chi connectivity index (χ3v) is 5.91. The fourth-order valence-electron chi connectivity index (χ4n) is 2.77. The van der Waals surface area contributed by atoms with Gasteiger partial charge in [0.15, 0.2) is 5.16 Å². The molecule has 0 saturated carbocycles. The first-order valence-corrected chi connectivity index (χ1v) is 10.3. The minimum Gasteiger partial charge on any atom is -0.334 e. The molecule has 0 unspecified atom stereocenters. The molecular weight excluding hydrogens is 392 g/mol. The number of rotatable bonds is 5. The summed E-state index contributed by atoms with van der Waals surface area (Å²) in [6.45, 7) is 0. The molecule has 8 heteroatoms. The van der Waals surface area contributed by atoms with Gasteiger partial charge in [-0.25, -0.2) is 9.66 Å². The number of hydrogen-bond acceptors (Lipinski definition) is 6. The second-order valence-corrected chi connectivity index (χ2v) is 7.77. The van der Waals surface area contributed by atoms with Gasteiger partial charge in [-0.3, -0.25) is 9.59 Å². The maximum atomic E-state index is 12.8. The highest BCUT2D eigenvalue weighted by Gasteiger charge is 2.17. The second-order valence-electron chi connectivity index (χ2n) is 5.97. The van der Waals surface area contributed by atoms with Gasteiger partial charge in [-0.15, -0.1) is 11.3 Å². The van der Waals surface area contributed by atoms with Crippen LogP contribution in [0.15, 0.2) is 76.0 Å². The third kappa shape index (κ3) is 3.64. The lowest BCUT2D eigenvalue weighted by molar-refractivity contribution is -0.113. The molecule has 0 aliphatic rings. The van der Waals surface area contributed by atoms with Crippen molar-refractivity contribution < 1.29 is 4.79 Å². The summed E-state index contributed by atoms with van der Waals surface area (Å²) in [7, 11) is 0. The number of benzene rings is 2. The number of aromatic nitrogens is 2. The number of nitrogen functional groups attached to an aromatic ring is 1. The summed E-state index contributed by atoms with van der Waals surface area (Å²) in [5.41, 5.74) is 2.15. The van der Waals surface area contributed by atoms with Crippen molar-refractivity contribution in [3.8, 4) is 11.1 Å². The maximum absolute atomic E-state index is 12.8. The van der Waals surface area contributed by atoms with Crippen molar-refractivity contribution in [3.05, 3.63) is 76.4 Å². The molecule has 4 rings (SSSR count). The number of amides is 1. The highest BCUT2D eigenvalue weighted by Crippen LogP contribution is 2.31. The first-order chi connectivity index (χ1) is 13.6. The van der Waals surface area contributed by atoms with Crippen LogP contribution in [0.1, 0.15) is 0 Å². The summed E-state index contributed by atoms with van der Waals surface area (Å²) in [4.78, 5) is 30.1. The van der Waals surface area contributed by atoms with Crippen molar-refractivity contribution in [2.24, 2.45) is 0 Å². The number of para-hydroxylation sites is 1. The van der Waals surface area contributed by atoms with Gasteiger partial charge in [-0.1, -0.05) is 60.3 Å². The van der Waals surface area contributed by atoms with Crippen molar-refractivity contribution >= 4 is 44.9 Å². The van der Waals surface area contributed by atoms with Crippen LogP contribution in [0.25, 0.3) is 21.3 Å². The van der Waals surface area contributed by atoms with Crippen molar-refractivity contribution in [3.63, 3.8) is 0 Å². The number of hydrogen-bond donors (Lipinski definition) is 2. The van der Waals surface area contributed by atoms with Crippen LogP contribution >= 0.6 is 23.1 Å². The molecule has 0 radical (unpaired) electrons. The van der Waals surface area contributed by atoms with E-state index in [0.717, 1.165) is 27.6 Å². The first-order valence-electron chi connectivity index (χ1n) is 8.46. The van der Waals surface area contributed by atoms with Crippen LogP contribution < -0.4 is 16.7 Å². The predicted molar refractivity (Wildman–Crippen MR) is 115 cm³/mol. The van der Waals surface area contributed by atoms with Crippen molar-refractivity contribution in [1.82, 2.24) is 9.66 Å². The number of anilines is 1. The van der Waals surface area contributed by atoms with E-state index in [0.29, 0.717) is 21.1 Å². The number of nitrogens with one attached hydrogen (secondary N) is 1. The SMILES string of the molecule is Nn1c(SCC(=O)Nc2ccccc2)nc2scc(-c3ccccc3)c2c1=O. The van der Waals surface area contributed by atoms with Crippen LogP contribution in [0.5, 0.6) is 0 Å². The Morgan fingerprint density at radius 2 is 1.79 bits per heavy atom. The van der Waals surface area contributed by atoms with Gasteiger partial charge in [-0.05, 0) is 17.7 Å². The standard InChI is InChI=1S/C20H16N4O2S2/c21-24-19(26)17-15(13-7-3-1-4-8-13)11-27-18(17)23-20(24)28-12-16(25)22-14-9-5-2-6-10-14/h1-11H,12,21H2,(H,22,25). The molecule has 140 valence electrons. The number of fused-ring (bicyclic) bond motifs is 1. The third-order valence-electron chi connectivity index (χ3n) is 4.08. The Morgan fingerprint density at radius 3 is 2.50 bits per heavy atom. The fraction of sp³-hybridized carbons (Fsp3) is 0.0500. The Kier molecular flexibility index (Phi) is 5.14. The van der Waals surface area contributed by atoms with Crippen LogP contribution in [0.2, 0.25) is 0 Å². The van der Waals surface area contributed by atoms with Gasteiger partial charge in [0.25, 0.3) is 5.56 Å². The van der Waals surface area contributed by atoms with Gasteiger partial charge in [0.1, 0.15) is 4.83 Å². The minimum atomic E-state index is -0.323. The topological polar surface area (TPSA) is 90.0 Å². The Labute approximate surface area is 169 Å². The molecule has 0 saturated heterocycles. The lowest BCUT2D eigenvalue weighted by atomic mass is 10.1. The van der Waals surface area contributed by atoms with Gasteiger partial charge in [0.05, 0.1) is 11.1 Å². The summed E-state index contributed by atoms with van der Waals surface area (Å²) in [6.07, 6.45) is 0. The number of carbonyl (C=O) groups excluding carboxylic acids is 1. The van der Waals surface area contributed by atoms with Gasteiger partial charge in [0, 0.05) is 16.6 Å². The first kappa shape index (κ1) is 18.3. The average Bonchev–Trinajstić information content (AvgIpc) is 3.15. The van der Waals surface area contributed by atoms with Crippen LogP contribution in [-0.4, -0.2) is 21.3 Å². The molecule has 0 aliphatic carbocycles. The molecule has 0 bridgehead atoms. The predicted octanol–water partition coefficient (Wildman–Crippen LogP) is 3.57. The molecule has 0 aliphatic heterocycles. The monoisotopic (exact) mass is 408 g/mol. The zero-order valence-electron chi connectivity index (χ0n) is 14.7. The zero-order valence-corrected chi connectivity index (χ0v) is 16.3. The van der Waals surface area contributed by atoms with E-state index in [1.807, 2.05) is 66.0 Å². The highest BCUT2D eigenvalue weighted by atomic mass is 32.2. The summed E-state index contributed by atoms with van der Waals surface area (Å²) < 4.78 is 1.02. The molecule has 2 aromatic heterocycles. The minimum absolute atomic E-state index is 0.0982. The molecule has 28 heavy (non-hydrogen) atoms. The molecule has 2 aromatic carbocycles. The molecule has 6 nitrogen and oxygen atoms in total. The number of nitrogens with zero attached hydrogens (tertiary/aromatic N) is 2. The van der Waals surface area contributed by atoms with E-state index < -0.39 is 0 Å². The normalized spacial score (nSPS) is 10.9. The number of thiophene rings is 1. The molecule has 0 atom stereocenters. The summed E-state index contributed by atoms with van der Waals surface area (Å²) in [5.74, 6) is 5.89. The maximum Gasteiger partial charge on any atom is 0.282 e. The van der Waals surface area contributed by atoms with Gasteiger partial charge in [0.2, 0.25) is 5.91 Å². The lowest BCUT2D eigenvalue weighted by Gasteiger charge is -2.08. The van der Waals surface area contributed by atoms with Crippen LogP contribution in [-0.2, 0) is 4.79 Å². The van der Waals surface area contributed by atoms with E-state index in [9.17, 15) is 9.59 Å². The molecule has 0 spiro atoms. The van der Waals surface area contributed by atoms with Crippen LogP contribution in [0.3, 0.4) is 0 Å². The number of nitrogens with two attached hydrogens (primary N) is 1. The average molecular weight is 409 g/mol. The summed E-state index contributed by atoms with van der Waals surface area (Å²) in [5, 5.41) is 5.51. The molecule has 0 fully saturated rings. The quantitative estimate of drug-likeness (QED) is 0.299. The smallest absolute Gasteiger partial charge is 0.282 e. The van der Waals surface area contributed by atoms with Crippen LogP contribution in [0.4, 0.5) is 5.69 Å². The summed E-state index contributed by atoms with van der Waals surface area (Å²) >= 11 is 2.52. The van der Waals surface area contributed by atoms with Crippen LogP contribution in [0, 0.1) is 0 Å². The largest absolute Gasteiger partial charge is 0.334 e. The lowest BCUT2D eigenvalue weighted by Crippen LogP contribution is -2.30. The van der Waals surface area contributed by atoms with E-state index >= 15 is 0 Å². The number of thioether (sulfide) groups is 1. The van der Waals surface area contributed by atoms with Crippen molar-refractivity contribution in [2.45, 2.75) is 5.16 Å². The van der Waals surface area contributed by atoms with E-state index in [4.69, 9.17) is 5.84 Å². The van der Waals surface area contributed by atoms with Crippen molar-refractivity contribution in [2.75, 3.05) is 16.9 Å². The molecule has 4 aromatic rings. The van der Waals surface area contributed by atoms with Crippen molar-refractivity contribution in [1.29, 1.82) is 0 Å². The van der Waals surface area contributed by atoms with Gasteiger partial charge >= 0.3 is 0 Å². The fourth-order valence-corrected chi connectivity index (χ4v) is 4.47. The van der Waals surface area contributed by atoms with Gasteiger partial charge < -0.3 is 11.2 Å². The zero-order chi connectivity index (χ0) is 19.5. The van der Waals surface area contributed by atoms with E-state index in [2.05, 4.69) is 10.3 Å². The second kappa shape index (κ2) is 7.87. The Balaban J connectivity index is 1.58.